The predicted octanol–water partition coefficient (Wildman–Crippen LogP) is 5.35. The molecule has 1 aromatic carbocycles. The molecule has 0 unspecified atom stereocenters. The van der Waals surface area contributed by atoms with Gasteiger partial charge in [-0.3, -0.25) is 0 Å². The minimum Gasteiger partial charge on any atom is -0.461 e. The third-order valence-corrected chi connectivity index (χ3v) is 5.69. The first kappa shape index (κ1) is 14.3. The average Bonchev–Trinajstić information content (AvgIpc) is 3.34. The Morgan fingerprint density at radius 2 is 2.04 bits per heavy atom. The molecule has 24 heavy (non-hydrogen) atoms. The Morgan fingerprint density at radius 3 is 2.83 bits per heavy atom. The highest BCUT2D eigenvalue weighted by molar-refractivity contribution is 9.10. The van der Waals surface area contributed by atoms with Crippen LogP contribution in [0.3, 0.4) is 0 Å². The van der Waals surface area contributed by atoms with Crippen molar-refractivity contribution in [3.8, 4) is 5.75 Å². The van der Waals surface area contributed by atoms with Crippen molar-refractivity contribution >= 4 is 33.0 Å². The van der Waals surface area contributed by atoms with Crippen LogP contribution in [0.25, 0.3) is 0 Å². The highest BCUT2D eigenvalue weighted by Gasteiger charge is 2.42. The van der Waals surface area contributed by atoms with Crippen LogP contribution in [0.5, 0.6) is 5.75 Å². The van der Waals surface area contributed by atoms with E-state index >= 15 is 0 Å². The first-order chi connectivity index (χ1) is 11.8. The summed E-state index contributed by atoms with van der Waals surface area (Å²) in [6, 6.07) is 16.3. The molecule has 5 rings (SSSR count). The van der Waals surface area contributed by atoms with Gasteiger partial charge in [0.05, 0.1) is 16.6 Å². The van der Waals surface area contributed by atoms with Gasteiger partial charge in [0, 0.05) is 12.0 Å². The SMILES string of the molecule is Brc1ccc([C@H]2Oc3ccccc3[C@@H]3CC(c4cccs4)=NN23)o1. The second-order valence-corrected chi connectivity index (χ2v) is 7.50. The summed E-state index contributed by atoms with van der Waals surface area (Å²) in [5.74, 6) is 1.65. The van der Waals surface area contributed by atoms with E-state index in [2.05, 4.69) is 39.5 Å². The molecule has 0 amide bonds. The Labute approximate surface area is 151 Å². The van der Waals surface area contributed by atoms with Crippen molar-refractivity contribution in [2.75, 3.05) is 0 Å². The van der Waals surface area contributed by atoms with Crippen molar-refractivity contribution in [2.45, 2.75) is 18.7 Å². The number of hydrogen-bond donors (Lipinski definition) is 0. The number of hydrogen-bond acceptors (Lipinski definition) is 5. The fourth-order valence-electron chi connectivity index (χ4n) is 3.27. The molecule has 4 heterocycles. The third kappa shape index (κ3) is 2.21. The summed E-state index contributed by atoms with van der Waals surface area (Å²) in [6.45, 7) is 0. The summed E-state index contributed by atoms with van der Waals surface area (Å²) >= 11 is 5.09. The van der Waals surface area contributed by atoms with Gasteiger partial charge in [-0.15, -0.1) is 11.3 Å². The van der Waals surface area contributed by atoms with Crippen LogP contribution in [0.4, 0.5) is 0 Å². The number of ether oxygens (including phenoxy) is 1. The summed E-state index contributed by atoms with van der Waals surface area (Å²) in [5.41, 5.74) is 2.28. The lowest BCUT2D eigenvalue weighted by Crippen LogP contribution is -2.33. The summed E-state index contributed by atoms with van der Waals surface area (Å²) in [4.78, 5) is 1.21. The fraction of sp³-hybridized carbons (Fsp3) is 0.167. The van der Waals surface area contributed by atoms with Crippen molar-refractivity contribution in [3.05, 3.63) is 74.8 Å². The van der Waals surface area contributed by atoms with E-state index < -0.39 is 0 Å². The van der Waals surface area contributed by atoms with Gasteiger partial charge in [0.15, 0.2) is 10.4 Å². The quantitative estimate of drug-likeness (QED) is 0.581. The molecule has 6 heteroatoms. The first-order valence-electron chi connectivity index (χ1n) is 7.70. The molecule has 0 aliphatic carbocycles. The zero-order valence-electron chi connectivity index (χ0n) is 12.6. The van der Waals surface area contributed by atoms with Crippen LogP contribution in [0.1, 0.15) is 34.9 Å². The number of hydrazone groups is 1. The van der Waals surface area contributed by atoms with Crippen molar-refractivity contribution in [1.82, 2.24) is 5.01 Å². The molecule has 0 spiro atoms. The lowest BCUT2D eigenvalue weighted by molar-refractivity contribution is -0.0329. The fourth-order valence-corrected chi connectivity index (χ4v) is 4.31. The predicted molar refractivity (Wildman–Crippen MR) is 96.3 cm³/mol. The highest BCUT2D eigenvalue weighted by atomic mass is 79.9. The van der Waals surface area contributed by atoms with Crippen LogP contribution in [0.2, 0.25) is 0 Å². The maximum absolute atomic E-state index is 6.22. The largest absolute Gasteiger partial charge is 0.461 e. The Balaban J connectivity index is 1.61. The van der Waals surface area contributed by atoms with Gasteiger partial charge in [-0.2, -0.15) is 5.10 Å². The molecule has 0 saturated heterocycles. The van der Waals surface area contributed by atoms with E-state index in [0.29, 0.717) is 4.67 Å². The normalized spacial score (nSPS) is 21.9. The molecule has 120 valence electrons. The number of rotatable bonds is 2. The van der Waals surface area contributed by atoms with Gasteiger partial charge >= 0.3 is 0 Å². The monoisotopic (exact) mass is 400 g/mol. The Hall–Kier alpha value is -2.05. The zero-order valence-corrected chi connectivity index (χ0v) is 15.0. The van der Waals surface area contributed by atoms with Gasteiger partial charge in [-0.1, -0.05) is 24.3 Å². The molecule has 0 saturated carbocycles. The van der Waals surface area contributed by atoms with E-state index in [1.165, 1.54) is 10.4 Å². The molecule has 2 aromatic heterocycles. The zero-order chi connectivity index (χ0) is 16.1. The van der Waals surface area contributed by atoms with Crippen LogP contribution in [-0.2, 0) is 0 Å². The number of furan rings is 1. The van der Waals surface area contributed by atoms with Gasteiger partial charge in [-0.25, -0.2) is 5.01 Å². The molecule has 0 radical (unpaired) electrons. The number of fused-ring (bicyclic) bond motifs is 3. The van der Waals surface area contributed by atoms with Crippen molar-refractivity contribution in [3.63, 3.8) is 0 Å². The molecule has 2 atom stereocenters. The number of para-hydroxylation sites is 1. The van der Waals surface area contributed by atoms with Gasteiger partial charge < -0.3 is 9.15 Å². The Morgan fingerprint density at radius 1 is 1.12 bits per heavy atom. The topological polar surface area (TPSA) is 38.0 Å². The van der Waals surface area contributed by atoms with Crippen LogP contribution in [-0.4, -0.2) is 10.7 Å². The lowest BCUT2D eigenvalue weighted by atomic mass is 9.98. The maximum Gasteiger partial charge on any atom is 0.246 e. The summed E-state index contributed by atoms with van der Waals surface area (Å²) in [7, 11) is 0. The molecular weight excluding hydrogens is 388 g/mol. The highest BCUT2D eigenvalue weighted by Crippen LogP contribution is 2.47. The molecule has 0 fully saturated rings. The standard InChI is InChI=1S/C18H13BrN2O2S/c19-17-8-7-15(22-17)18-21-13(11-4-1-2-5-14(11)23-18)10-12(20-21)16-6-3-9-24-16/h1-9,13,18H,10H2/t13-,18+/m0/s1. The molecular formula is C18H13BrN2O2S. The summed E-state index contributed by atoms with van der Waals surface area (Å²) in [6.07, 6.45) is 0.521. The Kier molecular flexibility index (Phi) is 3.28. The maximum atomic E-state index is 6.22. The minimum absolute atomic E-state index is 0.168. The third-order valence-electron chi connectivity index (χ3n) is 4.34. The van der Waals surface area contributed by atoms with Crippen LogP contribution < -0.4 is 4.74 Å². The van der Waals surface area contributed by atoms with Gasteiger partial charge in [0.2, 0.25) is 6.23 Å². The second-order valence-electron chi connectivity index (χ2n) is 5.77. The summed E-state index contributed by atoms with van der Waals surface area (Å²) in [5, 5.41) is 8.99. The molecule has 2 aliphatic rings. The van der Waals surface area contributed by atoms with E-state index in [-0.39, 0.29) is 12.3 Å². The number of nitrogens with zero attached hydrogens (tertiary/aromatic N) is 2. The smallest absolute Gasteiger partial charge is 0.246 e. The van der Waals surface area contributed by atoms with Crippen molar-refractivity contribution < 1.29 is 9.15 Å². The van der Waals surface area contributed by atoms with Gasteiger partial charge in [0.25, 0.3) is 0 Å². The number of benzene rings is 1. The molecule has 2 aliphatic heterocycles. The van der Waals surface area contributed by atoms with Crippen molar-refractivity contribution in [2.24, 2.45) is 5.10 Å². The summed E-state index contributed by atoms with van der Waals surface area (Å²) < 4.78 is 12.7. The lowest BCUT2D eigenvalue weighted by Gasteiger charge is -2.36. The van der Waals surface area contributed by atoms with Crippen molar-refractivity contribution in [1.29, 1.82) is 0 Å². The number of thiophene rings is 1. The molecule has 3 aromatic rings. The van der Waals surface area contributed by atoms with E-state index in [1.807, 2.05) is 35.3 Å². The second kappa shape index (κ2) is 5.50. The average molecular weight is 401 g/mol. The molecule has 0 bridgehead atoms. The minimum atomic E-state index is -0.353. The number of halogens is 1. The van der Waals surface area contributed by atoms with E-state index in [1.54, 1.807) is 11.3 Å². The first-order valence-corrected chi connectivity index (χ1v) is 9.37. The van der Waals surface area contributed by atoms with E-state index in [9.17, 15) is 0 Å². The van der Waals surface area contributed by atoms with Crippen LogP contribution >= 0.6 is 27.3 Å². The van der Waals surface area contributed by atoms with E-state index in [4.69, 9.17) is 14.3 Å². The van der Waals surface area contributed by atoms with Gasteiger partial charge in [-0.05, 0) is 45.6 Å². The Bertz CT molecular complexity index is 919. The van der Waals surface area contributed by atoms with Crippen LogP contribution in [0.15, 0.2) is 68.1 Å². The van der Waals surface area contributed by atoms with Crippen LogP contribution in [0, 0.1) is 0 Å². The molecule has 0 N–H and O–H groups in total. The molecule has 4 nitrogen and oxygen atoms in total. The van der Waals surface area contributed by atoms with E-state index in [0.717, 1.165) is 23.6 Å². The van der Waals surface area contributed by atoms with Gasteiger partial charge in [0.1, 0.15) is 5.75 Å².